The third-order valence-electron chi connectivity index (χ3n) is 7.01. The van der Waals surface area contributed by atoms with Gasteiger partial charge in [-0.15, -0.1) is 0 Å². The summed E-state index contributed by atoms with van der Waals surface area (Å²) in [6.07, 6.45) is 1.01. The van der Waals surface area contributed by atoms with Crippen LogP contribution in [0.3, 0.4) is 0 Å². The number of pyridine rings is 1. The topological polar surface area (TPSA) is 89.8 Å². The molecule has 0 bridgehead atoms. The second-order valence-electron chi connectivity index (χ2n) is 8.40. The Hall–Kier alpha value is -3.32. The van der Waals surface area contributed by atoms with Gasteiger partial charge in [0.2, 0.25) is 0 Å². The number of aliphatic hydroxyl groups is 1. The quantitative estimate of drug-likeness (QED) is 0.487. The Morgan fingerprint density at radius 3 is 2.84 bits per heavy atom. The smallest absolute Gasteiger partial charge is 0.343 e. The maximum absolute atomic E-state index is 13.4. The molecule has 3 aliphatic rings. The van der Waals surface area contributed by atoms with E-state index in [1.165, 1.54) is 5.56 Å². The molecule has 3 aromatic rings. The zero-order chi connectivity index (χ0) is 21.5. The van der Waals surface area contributed by atoms with E-state index in [0.29, 0.717) is 17.7 Å². The monoisotopic (exact) mass is 418 g/mol. The molecule has 1 atom stereocenters. The number of nitrogens with one attached hydrogen (secondary N) is 1. The summed E-state index contributed by atoms with van der Waals surface area (Å²) in [6, 6.07) is 7.92. The van der Waals surface area contributed by atoms with E-state index in [1.54, 1.807) is 24.7 Å². The zero-order valence-electron chi connectivity index (χ0n) is 17.4. The number of hydrogen-bond acceptors (Lipinski definition) is 6. The number of anilines is 1. The van der Waals surface area contributed by atoms with Crippen molar-refractivity contribution in [3.05, 3.63) is 56.9 Å². The predicted molar refractivity (Wildman–Crippen MR) is 115 cm³/mol. The molecule has 158 valence electrons. The molecule has 1 unspecified atom stereocenters. The number of benzene rings is 2. The summed E-state index contributed by atoms with van der Waals surface area (Å²) >= 11 is 0. The van der Waals surface area contributed by atoms with Crippen LogP contribution in [0.2, 0.25) is 0 Å². The predicted octanol–water partition coefficient (Wildman–Crippen LogP) is 2.66. The van der Waals surface area contributed by atoms with Gasteiger partial charge in [-0.25, -0.2) is 4.79 Å². The van der Waals surface area contributed by atoms with Crippen molar-refractivity contribution in [2.24, 2.45) is 0 Å². The minimum atomic E-state index is -1.80. The minimum Gasteiger partial charge on any atom is -0.496 e. The summed E-state index contributed by atoms with van der Waals surface area (Å²) in [5.41, 5.74) is 3.65. The number of carbonyl (C=O) groups is 1. The molecule has 0 aliphatic carbocycles. The van der Waals surface area contributed by atoms with Gasteiger partial charge in [-0.05, 0) is 36.4 Å². The molecule has 0 fully saturated rings. The fraction of sp³-hybridized carbons (Fsp3) is 0.333. The summed E-state index contributed by atoms with van der Waals surface area (Å²) in [5.74, 6) is 0.180. The van der Waals surface area contributed by atoms with Gasteiger partial charge in [-0.3, -0.25) is 4.79 Å². The average molecular weight is 418 g/mol. The van der Waals surface area contributed by atoms with E-state index in [9.17, 15) is 14.7 Å². The number of fused-ring (bicyclic) bond motifs is 5. The van der Waals surface area contributed by atoms with Crippen molar-refractivity contribution in [1.82, 2.24) is 4.57 Å². The lowest BCUT2D eigenvalue weighted by Crippen LogP contribution is -2.44. The van der Waals surface area contributed by atoms with Crippen LogP contribution < -0.4 is 15.6 Å². The van der Waals surface area contributed by atoms with E-state index in [0.717, 1.165) is 52.0 Å². The lowest BCUT2D eigenvalue weighted by molar-refractivity contribution is -0.172. The van der Waals surface area contributed by atoms with E-state index < -0.39 is 11.6 Å². The van der Waals surface area contributed by atoms with Gasteiger partial charge in [0.25, 0.3) is 5.56 Å². The number of cyclic esters (lactones) is 1. The van der Waals surface area contributed by atoms with Gasteiger partial charge >= 0.3 is 5.97 Å². The zero-order valence-corrected chi connectivity index (χ0v) is 17.4. The standard InChI is InChI=1S/C24H22N2O5/c1-3-24(29)17-9-18-14-8-12-4-5-19(30-2)13-6-7-25-21(20(12)13)15(14)10-26(18)22(27)16(17)11-31-23(24)28/h4-5,8-9,25,29H,3,6-7,10-11H2,1-2H3. The molecular weight excluding hydrogens is 396 g/mol. The lowest BCUT2D eigenvalue weighted by atomic mass is 9.85. The summed E-state index contributed by atoms with van der Waals surface area (Å²) < 4.78 is 12.5. The van der Waals surface area contributed by atoms with Crippen LogP contribution in [-0.4, -0.2) is 29.3 Å². The van der Waals surface area contributed by atoms with Crippen LogP contribution in [0.4, 0.5) is 5.69 Å². The maximum atomic E-state index is 13.4. The van der Waals surface area contributed by atoms with E-state index in [2.05, 4.69) is 11.4 Å². The van der Waals surface area contributed by atoms with Crippen molar-refractivity contribution in [1.29, 1.82) is 0 Å². The second kappa shape index (κ2) is 6.11. The lowest BCUT2D eigenvalue weighted by Gasteiger charge is -2.31. The number of methoxy groups -OCH3 is 1. The molecule has 0 spiro atoms. The highest BCUT2D eigenvalue weighted by Gasteiger charge is 2.45. The third-order valence-corrected chi connectivity index (χ3v) is 7.01. The van der Waals surface area contributed by atoms with Crippen LogP contribution in [0.5, 0.6) is 5.75 Å². The van der Waals surface area contributed by atoms with Crippen LogP contribution in [0.1, 0.15) is 35.6 Å². The molecular formula is C24H22N2O5. The van der Waals surface area contributed by atoms with Crippen molar-refractivity contribution in [3.8, 4) is 17.0 Å². The first kappa shape index (κ1) is 18.4. The van der Waals surface area contributed by atoms with Crippen LogP contribution >= 0.6 is 0 Å². The van der Waals surface area contributed by atoms with Crippen molar-refractivity contribution < 1.29 is 19.4 Å². The Morgan fingerprint density at radius 2 is 2.06 bits per heavy atom. The number of carbonyl (C=O) groups excluding carboxylic acids is 1. The van der Waals surface area contributed by atoms with Crippen molar-refractivity contribution in [3.63, 3.8) is 0 Å². The SMILES string of the molecule is CCC1(O)C(=O)OCc2c1cc1n(c2=O)Cc2c-1cc1ccc(OC)c3c1c2NCC3. The van der Waals surface area contributed by atoms with Crippen LogP contribution in [0.25, 0.3) is 22.0 Å². The van der Waals surface area contributed by atoms with Crippen LogP contribution in [0, 0.1) is 0 Å². The number of hydrogen-bond donors (Lipinski definition) is 2. The highest BCUT2D eigenvalue weighted by molar-refractivity contribution is 6.04. The largest absolute Gasteiger partial charge is 0.496 e. The number of aromatic nitrogens is 1. The molecule has 2 aromatic carbocycles. The Morgan fingerprint density at radius 1 is 1.23 bits per heavy atom. The van der Waals surface area contributed by atoms with Crippen molar-refractivity contribution in [2.45, 2.75) is 38.5 Å². The summed E-state index contributed by atoms with van der Waals surface area (Å²) in [5, 5.41) is 16.8. The van der Waals surface area contributed by atoms with Gasteiger partial charge in [0.05, 0.1) is 24.9 Å². The average Bonchev–Trinajstić information content (AvgIpc) is 3.16. The Kier molecular flexibility index (Phi) is 3.63. The van der Waals surface area contributed by atoms with Gasteiger partial charge in [0.1, 0.15) is 12.4 Å². The van der Waals surface area contributed by atoms with Gasteiger partial charge in [0.15, 0.2) is 5.60 Å². The number of ether oxygens (including phenoxy) is 2. The number of rotatable bonds is 2. The van der Waals surface area contributed by atoms with Gasteiger partial charge < -0.3 is 24.5 Å². The first-order chi connectivity index (χ1) is 15.0. The van der Waals surface area contributed by atoms with Crippen LogP contribution in [0.15, 0.2) is 29.1 Å². The molecule has 0 saturated heterocycles. The second-order valence-corrected chi connectivity index (χ2v) is 8.40. The number of esters is 1. The molecule has 4 heterocycles. The van der Waals surface area contributed by atoms with Gasteiger partial charge in [-0.2, -0.15) is 0 Å². The van der Waals surface area contributed by atoms with E-state index in [1.807, 2.05) is 12.1 Å². The molecule has 6 rings (SSSR count). The van der Waals surface area contributed by atoms with Crippen LogP contribution in [-0.2, 0) is 34.7 Å². The number of nitrogens with zero attached hydrogens (tertiary/aromatic N) is 1. The summed E-state index contributed by atoms with van der Waals surface area (Å²) in [4.78, 5) is 25.7. The van der Waals surface area contributed by atoms with E-state index >= 15 is 0 Å². The highest BCUT2D eigenvalue weighted by Crippen LogP contribution is 2.46. The summed E-state index contributed by atoms with van der Waals surface area (Å²) in [7, 11) is 1.69. The molecule has 31 heavy (non-hydrogen) atoms. The highest BCUT2D eigenvalue weighted by atomic mass is 16.6. The first-order valence-electron chi connectivity index (χ1n) is 10.5. The van der Waals surface area contributed by atoms with E-state index in [-0.39, 0.29) is 18.6 Å². The Labute approximate surface area is 178 Å². The molecule has 0 radical (unpaired) electrons. The third kappa shape index (κ3) is 2.21. The molecule has 0 saturated carbocycles. The van der Waals surface area contributed by atoms with Gasteiger partial charge in [0, 0.05) is 39.9 Å². The normalized spacial score (nSPS) is 20.5. The fourth-order valence-corrected chi connectivity index (χ4v) is 5.37. The molecule has 0 amide bonds. The van der Waals surface area contributed by atoms with Gasteiger partial charge in [-0.1, -0.05) is 13.0 Å². The molecule has 7 nitrogen and oxygen atoms in total. The molecule has 1 aromatic heterocycles. The van der Waals surface area contributed by atoms with Crippen molar-refractivity contribution in [2.75, 3.05) is 19.0 Å². The minimum absolute atomic E-state index is 0.111. The van der Waals surface area contributed by atoms with Crippen molar-refractivity contribution >= 4 is 22.4 Å². The Bertz CT molecular complexity index is 1370. The van der Waals surface area contributed by atoms with E-state index in [4.69, 9.17) is 9.47 Å². The molecule has 2 N–H and O–H groups in total. The summed E-state index contributed by atoms with van der Waals surface area (Å²) in [6.45, 7) is 2.83. The fourth-order valence-electron chi connectivity index (χ4n) is 5.37. The molecule has 7 heteroatoms. The maximum Gasteiger partial charge on any atom is 0.343 e. The first-order valence-corrected chi connectivity index (χ1v) is 10.5. The Balaban J connectivity index is 1.66. The molecule has 3 aliphatic heterocycles.